The van der Waals surface area contributed by atoms with Crippen molar-refractivity contribution in [3.8, 4) is 0 Å². The third-order valence-electron chi connectivity index (χ3n) is 2.32. The van der Waals surface area contributed by atoms with E-state index < -0.39 is 5.97 Å². The number of aromatic carboxylic acids is 1. The molecule has 2 N–H and O–H groups in total. The number of halogens is 2. The molecule has 2 aromatic rings. The molecule has 0 amide bonds. The summed E-state index contributed by atoms with van der Waals surface area (Å²) in [4.78, 5) is 19.0. The molecule has 5 nitrogen and oxygen atoms in total. The van der Waals surface area contributed by atoms with E-state index in [1.807, 2.05) is 0 Å². The zero-order chi connectivity index (χ0) is 14.0. The highest BCUT2D eigenvalue weighted by Gasteiger charge is 2.13. The molecule has 2 rings (SSSR count). The van der Waals surface area contributed by atoms with Crippen molar-refractivity contribution in [2.45, 2.75) is 6.92 Å². The Morgan fingerprint density at radius 2 is 2.05 bits per heavy atom. The Kier molecular flexibility index (Phi) is 3.87. The van der Waals surface area contributed by atoms with Crippen LogP contribution < -0.4 is 5.32 Å². The fourth-order valence-corrected chi connectivity index (χ4v) is 1.73. The van der Waals surface area contributed by atoms with Gasteiger partial charge in [0.05, 0.1) is 10.0 Å². The van der Waals surface area contributed by atoms with Gasteiger partial charge in [-0.3, -0.25) is 0 Å². The maximum absolute atomic E-state index is 11.1. The van der Waals surface area contributed by atoms with E-state index in [0.717, 1.165) is 0 Å². The van der Waals surface area contributed by atoms with Gasteiger partial charge in [-0.15, -0.1) is 0 Å². The molecule has 0 bridgehead atoms. The van der Waals surface area contributed by atoms with Crippen LogP contribution in [0.4, 0.5) is 11.5 Å². The Bertz CT molecular complexity index is 647. The van der Waals surface area contributed by atoms with E-state index in [2.05, 4.69) is 15.3 Å². The fourth-order valence-electron chi connectivity index (χ4n) is 1.43. The van der Waals surface area contributed by atoms with Crippen molar-refractivity contribution in [1.82, 2.24) is 9.97 Å². The first-order chi connectivity index (χ1) is 8.97. The minimum Gasteiger partial charge on any atom is -0.477 e. The van der Waals surface area contributed by atoms with E-state index in [9.17, 15) is 4.79 Å². The zero-order valence-corrected chi connectivity index (χ0v) is 11.3. The Morgan fingerprint density at radius 3 is 2.68 bits per heavy atom. The number of rotatable bonds is 3. The van der Waals surface area contributed by atoms with E-state index in [1.165, 1.54) is 6.20 Å². The maximum Gasteiger partial charge on any atom is 0.341 e. The van der Waals surface area contributed by atoms with E-state index in [-0.39, 0.29) is 11.4 Å². The molecule has 0 saturated heterocycles. The zero-order valence-electron chi connectivity index (χ0n) is 9.82. The van der Waals surface area contributed by atoms with Gasteiger partial charge < -0.3 is 10.4 Å². The number of anilines is 2. The van der Waals surface area contributed by atoms with Gasteiger partial charge in [0.1, 0.15) is 17.2 Å². The summed E-state index contributed by atoms with van der Waals surface area (Å²) in [6.07, 6.45) is 1.25. The predicted octanol–water partition coefficient (Wildman–Crippen LogP) is 3.53. The van der Waals surface area contributed by atoms with Gasteiger partial charge in [0.2, 0.25) is 0 Å². The van der Waals surface area contributed by atoms with Gasteiger partial charge in [0.15, 0.2) is 0 Å². The van der Waals surface area contributed by atoms with E-state index >= 15 is 0 Å². The van der Waals surface area contributed by atoms with Gasteiger partial charge in [-0.05, 0) is 25.1 Å². The molecule has 7 heteroatoms. The number of nitrogens with zero attached hydrogens (tertiary/aromatic N) is 2. The first kappa shape index (κ1) is 13.6. The van der Waals surface area contributed by atoms with Crippen molar-refractivity contribution in [3.05, 3.63) is 45.8 Å². The number of hydrogen-bond donors (Lipinski definition) is 2. The first-order valence-corrected chi connectivity index (χ1v) is 6.02. The number of hydrogen-bond acceptors (Lipinski definition) is 4. The summed E-state index contributed by atoms with van der Waals surface area (Å²) in [5.74, 6) is -0.437. The van der Waals surface area contributed by atoms with Crippen LogP contribution in [0.25, 0.3) is 0 Å². The molecule has 0 aliphatic heterocycles. The molecule has 0 fully saturated rings. The molecule has 0 spiro atoms. The van der Waals surface area contributed by atoms with Crippen LogP contribution in [0.3, 0.4) is 0 Å². The normalized spacial score (nSPS) is 10.3. The summed E-state index contributed by atoms with van der Waals surface area (Å²) in [6, 6.07) is 4.88. The maximum atomic E-state index is 11.1. The van der Waals surface area contributed by atoms with Crippen LogP contribution in [0.1, 0.15) is 16.2 Å². The number of carboxylic acids is 1. The number of aryl methyl sites for hydroxylation is 1. The molecule has 1 heterocycles. The lowest BCUT2D eigenvalue weighted by atomic mass is 10.2. The Hall–Kier alpha value is -1.85. The first-order valence-electron chi connectivity index (χ1n) is 5.26. The molecule has 19 heavy (non-hydrogen) atoms. The number of aromatic nitrogens is 2. The van der Waals surface area contributed by atoms with Gasteiger partial charge in [-0.25, -0.2) is 14.8 Å². The third-order valence-corrected chi connectivity index (χ3v) is 3.06. The molecule has 0 aliphatic rings. The summed E-state index contributed by atoms with van der Waals surface area (Å²) in [5.41, 5.74) is 0.576. The van der Waals surface area contributed by atoms with Gasteiger partial charge in [-0.1, -0.05) is 23.2 Å². The van der Waals surface area contributed by atoms with Gasteiger partial charge in [0, 0.05) is 11.9 Å². The molecule has 0 radical (unpaired) electrons. The second kappa shape index (κ2) is 5.42. The molecule has 0 aliphatic carbocycles. The summed E-state index contributed by atoms with van der Waals surface area (Å²) in [7, 11) is 0. The molecule has 0 atom stereocenters. The smallest absolute Gasteiger partial charge is 0.341 e. The third kappa shape index (κ3) is 3.13. The topological polar surface area (TPSA) is 75.1 Å². The van der Waals surface area contributed by atoms with Crippen molar-refractivity contribution < 1.29 is 9.90 Å². The van der Waals surface area contributed by atoms with Crippen molar-refractivity contribution in [2.24, 2.45) is 0 Å². The number of carbonyl (C=O) groups is 1. The highest BCUT2D eigenvalue weighted by Crippen LogP contribution is 2.27. The van der Waals surface area contributed by atoms with Crippen LogP contribution in [-0.2, 0) is 0 Å². The van der Waals surface area contributed by atoms with E-state index in [1.54, 1.807) is 25.1 Å². The summed E-state index contributed by atoms with van der Waals surface area (Å²) in [6.45, 7) is 1.67. The molecule has 0 unspecified atom stereocenters. The average molecular weight is 298 g/mol. The lowest BCUT2D eigenvalue weighted by Crippen LogP contribution is -2.07. The standard InChI is InChI=1S/C12H9Cl2N3O2/c1-6-15-5-8(12(18)19)11(16-6)17-7-2-3-9(13)10(14)4-7/h2-5H,1H3,(H,18,19)(H,15,16,17). The fraction of sp³-hybridized carbons (Fsp3) is 0.0833. The second-order valence-corrected chi connectivity index (χ2v) is 4.55. The quantitative estimate of drug-likeness (QED) is 0.906. The number of nitrogens with one attached hydrogen (secondary N) is 1. The van der Waals surface area contributed by atoms with E-state index in [4.69, 9.17) is 28.3 Å². The van der Waals surface area contributed by atoms with Crippen LogP contribution in [-0.4, -0.2) is 21.0 Å². The van der Waals surface area contributed by atoms with Gasteiger partial charge >= 0.3 is 5.97 Å². The highest BCUT2D eigenvalue weighted by molar-refractivity contribution is 6.42. The molecular weight excluding hydrogens is 289 g/mol. The summed E-state index contributed by atoms with van der Waals surface area (Å²) in [5, 5.41) is 12.7. The van der Waals surface area contributed by atoms with Crippen molar-refractivity contribution >= 4 is 40.7 Å². The van der Waals surface area contributed by atoms with Crippen molar-refractivity contribution in [1.29, 1.82) is 0 Å². The molecule has 98 valence electrons. The predicted molar refractivity (Wildman–Crippen MR) is 73.5 cm³/mol. The Morgan fingerprint density at radius 1 is 1.32 bits per heavy atom. The largest absolute Gasteiger partial charge is 0.477 e. The molecular formula is C12H9Cl2N3O2. The average Bonchev–Trinajstić information content (AvgIpc) is 2.33. The lowest BCUT2D eigenvalue weighted by molar-refractivity contribution is 0.0697. The van der Waals surface area contributed by atoms with Crippen LogP contribution >= 0.6 is 23.2 Å². The molecule has 1 aromatic carbocycles. The SMILES string of the molecule is Cc1ncc(C(=O)O)c(Nc2ccc(Cl)c(Cl)c2)n1. The molecule has 1 aromatic heterocycles. The van der Waals surface area contributed by atoms with Gasteiger partial charge in [-0.2, -0.15) is 0 Å². The minimum absolute atomic E-state index is 0.0170. The van der Waals surface area contributed by atoms with Crippen molar-refractivity contribution in [3.63, 3.8) is 0 Å². The summed E-state index contributed by atoms with van der Waals surface area (Å²) >= 11 is 11.7. The lowest BCUT2D eigenvalue weighted by Gasteiger charge is -2.09. The van der Waals surface area contributed by atoms with Crippen LogP contribution in [0.5, 0.6) is 0 Å². The minimum atomic E-state index is -1.11. The van der Waals surface area contributed by atoms with Crippen LogP contribution in [0, 0.1) is 6.92 Å². The van der Waals surface area contributed by atoms with E-state index in [0.29, 0.717) is 21.6 Å². The highest BCUT2D eigenvalue weighted by atomic mass is 35.5. The van der Waals surface area contributed by atoms with Crippen LogP contribution in [0.2, 0.25) is 10.0 Å². The second-order valence-electron chi connectivity index (χ2n) is 3.74. The monoisotopic (exact) mass is 297 g/mol. The van der Waals surface area contributed by atoms with Gasteiger partial charge in [0.25, 0.3) is 0 Å². The Labute approximate surface area is 119 Å². The number of carboxylic acid groups (broad SMARTS) is 1. The Balaban J connectivity index is 2.39. The summed E-state index contributed by atoms with van der Waals surface area (Å²) < 4.78 is 0. The number of benzene rings is 1. The van der Waals surface area contributed by atoms with Crippen LogP contribution in [0.15, 0.2) is 24.4 Å². The molecule has 0 saturated carbocycles. The van der Waals surface area contributed by atoms with Crippen molar-refractivity contribution in [2.75, 3.05) is 5.32 Å².